The van der Waals surface area contributed by atoms with Crippen LogP contribution in [-0.2, 0) is 5.41 Å². The van der Waals surface area contributed by atoms with E-state index in [1.807, 2.05) is 17.4 Å². The van der Waals surface area contributed by atoms with Crippen molar-refractivity contribution < 1.29 is 0 Å². The SMILES string of the molecule is CC1(C)c2ccc(Cl)cc2-c2sc3ccccc3c21. The van der Waals surface area contributed by atoms with E-state index in [0.717, 1.165) is 5.02 Å². The van der Waals surface area contributed by atoms with E-state index in [-0.39, 0.29) is 5.41 Å². The summed E-state index contributed by atoms with van der Waals surface area (Å²) in [7, 11) is 0. The number of hydrogen-bond acceptors (Lipinski definition) is 1. The first kappa shape index (κ1) is 11.5. The second kappa shape index (κ2) is 3.62. The molecule has 0 spiro atoms. The highest BCUT2D eigenvalue weighted by atomic mass is 35.5. The van der Waals surface area contributed by atoms with Gasteiger partial charge < -0.3 is 0 Å². The van der Waals surface area contributed by atoms with Crippen LogP contribution in [0, 0.1) is 0 Å². The summed E-state index contributed by atoms with van der Waals surface area (Å²) >= 11 is 8.07. The molecule has 0 aliphatic heterocycles. The Morgan fingerprint density at radius 2 is 1.84 bits per heavy atom. The Kier molecular flexibility index (Phi) is 2.19. The van der Waals surface area contributed by atoms with E-state index >= 15 is 0 Å². The smallest absolute Gasteiger partial charge is 0.0412 e. The second-order valence-corrected chi connectivity index (χ2v) is 7.11. The lowest BCUT2D eigenvalue weighted by Crippen LogP contribution is -2.14. The van der Waals surface area contributed by atoms with Crippen LogP contribution in [0.1, 0.15) is 25.0 Å². The predicted octanol–water partition coefficient (Wildman–Crippen LogP) is 5.86. The number of fused-ring (bicyclic) bond motifs is 5. The van der Waals surface area contributed by atoms with E-state index in [4.69, 9.17) is 11.6 Å². The van der Waals surface area contributed by atoms with Gasteiger partial charge in [-0.1, -0.05) is 49.7 Å². The number of thiophene rings is 1. The van der Waals surface area contributed by atoms with Gasteiger partial charge in [0.15, 0.2) is 0 Å². The van der Waals surface area contributed by atoms with Gasteiger partial charge in [0.1, 0.15) is 0 Å². The minimum Gasteiger partial charge on any atom is -0.135 e. The van der Waals surface area contributed by atoms with Crippen molar-refractivity contribution in [2.45, 2.75) is 19.3 Å². The summed E-state index contributed by atoms with van der Waals surface area (Å²) in [5.74, 6) is 0. The summed E-state index contributed by atoms with van der Waals surface area (Å²) in [6.45, 7) is 4.62. The van der Waals surface area contributed by atoms with Gasteiger partial charge >= 0.3 is 0 Å². The minimum atomic E-state index is 0.0643. The molecule has 0 fully saturated rings. The van der Waals surface area contributed by atoms with Crippen LogP contribution in [0.25, 0.3) is 20.5 Å². The van der Waals surface area contributed by atoms with E-state index in [9.17, 15) is 0 Å². The van der Waals surface area contributed by atoms with Crippen molar-refractivity contribution in [3.05, 3.63) is 58.6 Å². The Morgan fingerprint density at radius 1 is 1.05 bits per heavy atom. The van der Waals surface area contributed by atoms with E-state index < -0.39 is 0 Å². The lowest BCUT2D eigenvalue weighted by atomic mass is 9.81. The van der Waals surface area contributed by atoms with Gasteiger partial charge in [0.25, 0.3) is 0 Å². The average Bonchev–Trinajstić information content (AvgIpc) is 2.86. The Morgan fingerprint density at radius 3 is 2.68 bits per heavy atom. The summed E-state index contributed by atoms with van der Waals surface area (Å²) in [5.41, 5.74) is 4.23. The Balaban J connectivity index is 2.18. The number of halogens is 1. The Hall–Kier alpha value is -1.31. The molecule has 2 aromatic carbocycles. The number of benzene rings is 2. The van der Waals surface area contributed by atoms with Crippen LogP contribution in [0.3, 0.4) is 0 Å². The molecule has 1 aromatic heterocycles. The fraction of sp³-hybridized carbons (Fsp3) is 0.176. The molecule has 1 aliphatic carbocycles. The van der Waals surface area contributed by atoms with Gasteiger partial charge in [-0.25, -0.2) is 0 Å². The number of hydrogen-bond donors (Lipinski definition) is 0. The molecule has 0 atom stereocenters. The predicted molar refractivity (Wildman–Crippen MR) is 84.4 cm³/mol. The van der Waals surface area contributed by atoms with E-state index in [0.29, 0.717) is 0 Å². The highest BCUT2D eigenvalue weighted by molar-refractivity contribution is 7.22. The maximum atomic E-state index is 6.19. The van der Waals surface area contributed by atoms with Gasteiger partial charge in [-0.2, -0.15) is 0 Å². The molecule has 0 bridgehead atoms. The molecule has 0 N–H and O–H groups in total. The van der Waals surface area contributed by atoms with Crippen LogP contribution in [0.5, 0.6) is 0 Å². The molecule has 0 amide bonds. The van der Waals surface area contributed by atoms with Crippen LogP contribution >= 0.6 is 22.9 Å². The van der Waals surface area contributed by atoms with Gasteiger partial charge in [0, 0.05) is 20.0 Å². The molecule has 0 saturated heterocycles. The highest BCUT2D eigenvalue weighted by Crippen LogP contribution is 2.55. The second-order valence-electron chi connectivity index (χ2n) is 5.62. The fourth-order valence-corrected chi connectivity index (χ4v) is 4.80. The molecule has 0 nitrogen and oxygen atoms in total. The van der Waals surface area contributed by atoms with Crippen LogP contribution in [-0.4, -0.2) is 0 Å². The van der Waals surface area contributed by atoms with Crippen LogP contribution in [0.2, 0.25) is 5.02 Å². The zero-order chi connectivity index (χ0) is 13.2. The number of rotatable bonds is 0. The Bertz CT molecular complexity index is 811. The van der Waals surface area contributed by atoms with Crippen molar-refractivity contribution in [1.82, 2.24) is 0 Å². The van der Waals surface area contributed by atoms with Gasteiger partial charge in [-0.05, 0) is 40.3 Å². The molecule has 1 aliphatic rings. The summed E-state index contributed by atoms with van der Waals surface area (Å²) in [5, 5.41) is 2.21. The summed E-state index contributed by atoms with van der Waals surface area (Å²) < 4.78 is 1.37. The topological polar surface area (TPSA) is 0 Å². The molecule has 2 heteroatoms. The lowest BCUT2D eigenvalue weighted by Gasteiger charge is -2.21. The third-order valence-electron chi connectivity index (χ3n) is 4.12. The first-order valence-electron chi connectivity index (χ1n) is 6.41. The molecule has 0 radical (unpaired) electrons. The van der Waals surface area contributed by atoms with Crippen molar-refractivity contribution in [3.8, 4) is 10.4 Å². The van der Waals surface area contributed by atoms with Gasteiger partial charge in [-0.15, -0.1) is 11.3 Å². The molecule has 0 unspecified atom stereocenters. The van der Waals surface area contributed by atoms with Crippen LogP contribution in [0.4, 0.5) is 0 Å². The molecule has 3 aromatic rings. The molecule has 19 heavy (non-hydrogen) atoms. The van der Waals surface area contributed by atoms with Crippen molar-refractivity contribution in [1.29, 1.82) is 0 Å². The minimum absolute atomic E-state index is 0.0643. The van der Waals surface area contributed by atoms with E-state index in [1.165, 1.54) is 31.7 Å². The van der Waals surface area contributed by atoms with Crippen LogP contribution < -0.4 is 0 Å². The summed E-state index contributed by atoms with van der Waals surface area (Å²) in [4.78, 5) is 1.39. The fourth-order valence-electron chi connectivity index (χ4n) is 3.24. The van der Waals surface area contributed by atoms with Crippen molar-refractivity contribution >= 4 is 33.0 Å². The summed E-state index contributed by atoms with van der Waals surface area (Å²) in [6, 6.07) is 15.0. The largest absolute Gasteiger partial charge is 0.135 e. The van der Waals surface area contributed by atoms with Crippen molar-refractivity contribution in [2.75, 3.05) is 0 Å². The average molecular weight is 285 g/mol. The first-order chi connectivity index (χ1) is 9.09. The van der Waals surface area contributed by atoms with Crippen LogP contribution in [0.15, 0.2) is 42.5 Å². The van der Waals surface area contributed by atoms with E-state index in [2.05, 4.69) is 50.2 Å². The molecule has 4 rings (SSSR count). The zero-order valence-corrected chi connectivity index (χ0v) is 12.4. The van der Waals surface area contributed by atoms with E-state index in [1.54, 1.807) is 0 Å². The van der Waals surface area contributed by atoms with Gasteiger partial charge in [0.05, 0.1) is 0 Å². The highest BCUT2D eigenvalue weighted by Gasteiger charge is 2.38. The maximum Gasteiger partial charge on any atom is 0.0412 e. The normalized spacial score (nSPS) is 15.5. The molecule has 94 valence electrons. The first-order valence-corrected chi connectivity index (χ1v) is 7.61. The van der Waals surface area contributed by atoms with Gasteiger partial charge in [0.2, 0.25) is 0 Å². The van der Waals surface area contributed by atoms with Gasteiger partial charge in [-0.3, -0.25) is 0 Å². The Labute approximate surface area is 121 Å². The molecule has 1 heterocycles. The monoisotopic (exact) mass is 284 g/mol. The quantitative estimate of drug-likeness (QED) is 0.485. The zero-order valence-electron chi connectivity index (χ0n) is 10.8. The third-order valence-corrected chi connectivity index (χ3v) is 5.56. The van der Waals surface area contributed by atoms with Crippen molar-refractivity contribution in [2.24, 2.45) is 0 Å². The maximum absolute atomic E-state index is 6.19. The standard InChI is InChI=1S/C17H13ClS/c1-17(2)13-8-7-10(18)9-12(13)16-15(17)11-5-3-4-6-14(11)19-16/h3-9H,1-2H3. The third kappa shape index (κ3) is 1.40. The summed E-state index contributed by atoms with van der Waals surface area (Å²) in [6.07, 6.45) is 0. The molecular weight excluding hydrogens is 272 g/mol. The molecular formula is C17H13ClS. The van der Waals surface area contributed by atoms with Crippen molar-refractivity contribution in [3.63, 3.8) is 0 Å². The molecule has 0 saturated carbocycles. The lowest BCUT2D eigenvalue weighted by molar-refractivity contribution is 0.667.